The predicted octanol–water partition coefficient (Wildman–Crippen LogP) is 2.56. The molecule has 0 bridgehead atoms. The molecule has 0 saturated carbocycles. The first-order valence-corrected chi connectivity index (χ1v) is 7.83. The highest BCUT2D eigenvalue weighted by Crippen LogP contribution is 2.28. The molecule has 0 spiro atoms. The second-order valence-corrected chi connectivity index (χ2v) is 5.01. The van der Waals surface area contributed by atoms with Gasteiger partial charge in [0.2, 0.25) is 0 Å². The van der Waals surface area contributed by atoms with Crippen molar-refractivity contribution in [2.24, 2.45) is 0 Å². The third-order valence-electron chi connectivity index (χ3n) is 3.16. The van der Waals surface area contributed by atoms with Crippen LogP contribution in [-0.4, -0.2) is 38.2 Å². The van der Waals surface area contributed by atoms with Crippen LogP contribution in [0.5, 0.6) is 11.5 Å². The number of amides is 1. The summed E-state index contributed by atoms with van der Waals surface area (Å²) in [7, 11) is 1.51. The molecular weight excluding hydrogens is 298 g/mol. The first-order valence-electron chi connectivity index (χ1n) is 7.83. The maximum Gasteiger partial charge on any atom is 0.339 e. The Labute approximate surface area is 137 Å². The maximum atomic E-state index is 12.1. The van der Waals surface area contributed by atoms with Crippen molar-refractivity contribution in [1.29, 1.82) is 0 Å². The van der Waals surface area contributed by atoms with Gasteiger partial charge in [-0.25, -0.2) is 4.79 Å². The normalized spacial score (nSPS) is 11.5. The van der Waals surface area contributed by atoms with Crippen molar-refractivity contribution in [2.45, 2.75) is 39.7 Å². The van der Waals surface area contributed by atoms with E-state index < -0.39 is 12.1 Å². The Hall–Kier alpha value is -2.24. The number of methoxy groups -OCH3 is 1. The van der Waals surface area contributed by atoms with Gasteiger partial charge in [-0.1, -0.05) is 13.3 Å². The molecule has 0 saturated heterocycles. The molecule has 1 aromatic carbocycles. The number of hydrogen-bond acceptors (Lipinski definition) is 5. The van der Waals surface area contributed by atoms with Gasteiger partial charge in [0.25, 0.3) is 5.91 Å². The van der Waals surface area contributed by atoms with E-state index in [2.05, 4.69) is 12.2 Å². The van der Waals surface area contributed by atoms with Crippen molar-refractivity contribution in [3.8, 4) is 11.5 Å². The second-order valence-electron chi connectivity index (χ2n) is 5.01. The summed E-state index contributed by atoms with van der Waals surface area (Å²) in [5.41, 5.74) is 0.306. The molecule has 0 fully saturated rings. The maximum absolute atomic E-state index is 12.1. The molecule has 0 radical (unpaired) electrons. The summed E-state index contributed by atoms with van der Waals surface area (Å²) in [4.78, 5) is 23.7. The highest BCUT2D eigenvalue weighted by molar-refractivity contribution is 5.92. The average Bonchev–Trinajstić information content (AvgIpc) is 2.55. The number of carbonyl (C=O) groups excluding carboxylic acids is 2. The molecule has 23 heavy (non-hydrogen) atoms. The zero-order chi connectivity index (χ0) is 17.2. The Morgan fingerprint density at radius 2 is 1.96 bits per heavy atom. The summed E-state index contributed by atoms with van der Waals surface area (Å²) >= 11 is 0. The number of ether oxygens (including phenoxy) is 3. The molecule has 0 unspecified atom stereocenters. The lowest BCUT2D eigenvalue weighted by Gasteiger charge is -2.14. The van der Waals surface area contributed by atoms with Gasteiger partial charge in [0.15, 0.2) is 17.6 Å². The van der Waals surface area contributed by atoms with Crippen LogP contribution in [0.1, 0.15) is 44.0 Å². The van der Waals surface area contributed by atoms with Gasteiger partial charge in [-0.3, -0.25) is 4.79 Å². The van der Waals surface area contributed by atoms with Crippen LogP contribution in [0.2, 0.25) is 0 Å². The molecule has 1 amide bonds. The standard InChI is InChI=1S/C17H25NO5/c1-5-7-10-22-14-9-8-13(11-15(14)21-4)17(20)23-12(3)16(19)18-6-2/h8-9,11-12H,5-7,10H2,1-4H3,(H,18,19)/t12-/m1/s1. The summed E-state index contributed by atoms with van der Waals surface area (Å²) in [6, 6.07) is 4.81. The zero-order valence-electron chi connectivity index (χ0n) is 14.2. The number of rotatable bonds is 9. The van der Waals surface area contributed by atoms with Crippen LogP contribution >= 0.6 is 0 Å². The number of likely N-dealkylation sites (N-methyl/N-ethyl adjacent to an activating group) is 1. The molecule has 0 aliphatic heterocycles. The quantitative estimate of drug-likeness (QED) is 0.558. The molecular formula is C17H25NO5. The Bertz CT molecular complexity index is 530. The number of carbonyl (C=O) groups is 2. The molecule has 6 nitrogen and oxygen atoms in total. The Morgan fingerprint density at radius 1 is 1.22 bits per heavy atom. The lowest BCUT2D eigenvalue weighted by Crippen LogP contribution is -2.35. The van der Waals surface area contributed by atoms with Crippen LogP contribution < -0.4 is 14.8 Å². The van der Waals surface area contributed by atoms with Crippen LogP contribution in [0.15, 0.2) is 18.2 Å². The van der Waals surface area contributed by atoms with Crippen LogP contribution in [0.3, 0.4) is 0 Å². The van der Waals surface area contributed by atoms with E-state index in [0.29, 0.717) is 30.2 Å². The van der Waals surface area contributed by atoms with Crippen molar-refractivity contribution in [1.82, 2.24) is 5.32 Å². The third-order valence-corrected chi connectivity index (χ3v) is 3.16. The number of unbranched alkanes of at least 4 members (excludes halogenated alkanes) is 1. The van der Waals surface area contributed by atoms with E-state index in [-0.39, 0.29) is 5.91 Å². The van der Waals surface area contributed by atoms with Crippen molar-refractivity contribution < 1.29 is 23.8 Å². The van der Waals surface area contributed by atoms with Gasteiger partial charge < -0.3 is 19.5 Å². The van der Waals surface area contributed by atoms with Crippen molar-refractivity contribution >= 4 is 11.9 Å². The van der Waals surface area contributed by atoms with Gasteiger partial charge in [0, 0.05) is 6.54 Å². The second kappa shape index (κ2) is 9.71. The van der Waals surface area contributed by atoms with E-state index >= 15 is 0 Å². The molecule has 0 heterocycles. The molecule has 1 atom stereocenters. The number of benzene rings is 1. The third kappa shape index (κ3) is 5.81. The molecule has 128 valence electrons. The molecule has 1 rings (SSSR count). The summed E-state index contributed by atoms with van der Waals surface area (Å²) < 4.78 is 16.0. The lowest BCUT2D eigenvalue weighted by molar-refractivity contribution is -0.128. The van der Waals surface area contributed by atoms with E-state index in [0.717, 1.165) is 12.8 Å². The van der Waals surface area contributed by atoms with E-state index in [9.17, 15) is 9.59 Å². The Kier molecular flexibility index (Phi) is 7.94. The largest absolute Gasteiger partial charge is 0.493 e. The fourth-order valence-electron chi connectivity index (χ4n) is 1.84. The zero-order valence-corrected chi connectivity index (χ0v) is 14.2. The van der Waals surface area contributed by atoms with Gasteiger partial charge in [-0.05, 0) is 38.5 Å². The summed E-state index contributed by atoms with van der Waals surface area (Å²) in [6.07, 6.45) is 1.12. The minimum Gasteiger partial charge on any atom is -0.493 e. The van der Waals surface area contributed by atoms with Crippen molar-refractivity contribution in [3.05, 3.63) is 23.8 Å². The van der Waals surface area contributed by atoms with E-state index in [1.54, 1.807) is 25.1 Å². The lowest BCUT2D eigenvalue weighted by atomic mass is 10.2. The monoisotopic (exact) mass is 323 g/mol. The molecule has 6 heteroatoms. The van der Waals surface area contributed by atoms with E-state index in [1.165, 1.54) is 14.0 Å². The predicted molar refractivity (Wildman–Crippen MR) is 87.0 cm³/mol. The number of nitrogens with one attached hydrogen (secondary N) is 1. The van der Waals surface area contributed by atoms with Gasteiger partial charge >= 0.3 is 5.97 Å². The molecule has 1 aromatic rings. The average molecular weight is 323 g/mol. The van der Waals surface area contributed by atoms with Gasteiger partial charge in [-0.2, -0.15) is 0 Å². The number of esters is 1. The first kappa shape index (κ1) is 18.8. The van der Waals surface area contributed by atoms with Crippen LogP contribution in [0.25, 0.3) is 0 Å². The van der Waals surface area contributed by atoms with Crippen LogP contribution in [0, 0.1) is 0 Å². The number of hydrogen-bond donors (Lipinski definition) is 1. The summed E-state index contributed by atoms with van der Waals surface area (Å²) in [6.45, 7) is 6.48. The van der Waals surface area contributed by atoms with Gasteiger partial charge in [0.1, 0.15) is 0 Å². The highest BCUT2D eigenvalue weighted by Gasteiger charge is 2.19. The van der Waals surface area contributed by atoms with Gasteiger partial charge in [-0.15, -0.1) is 0 Å². The van der Waals surface area contributed by atoms with Crippen LogP contribution in [-0.2, 0) is 9.53 Å². The SMILES string of the molecule is CCCCOc1ccc(C(=O)O[C@H](C)C(=O)NCC)cc1OC. The first-order chi connectivity index (χ1) is 11.0. The summed E-state index contributed by atoms with van der Waals surface area (Å²) in [5.74, 6) is 0.130. The van der Waals surface area contributed by atoms with Crippen LogP contribution in [0.4, 0.5) is 0 Å². The summed E-state index contributed by atoms with van der Waals surface area (Å²) in [5, 5.41) is 2.60. The molecule has 1 N–H and O–H groups in total. The smallest absolute Gasteiger partial charge is 0.339 e. The fraction of sp³-hybridized carbons (Fsp3) is 0.529. The molecule has 0 aliphatic carbocycles. The van der Waals surface area contributed by atoms with Gasteiger partial charge in [0.05, 0.1) is 19.3 Å². The van der Waals surface area contributed by atoms with Crippen molar-refractivity contribution in [3.63, 3.8) is 0 Å². The molecule has 0 aliphatic rings. The van der Waals surface area contributed by atoms with E-state index in [1.807, 2.05) is 0 Å². The van der Waals surface area contributed by atoms with E-state index in [4.69, 9.17) is 14.2 Å². The fourth-order valence-corrected chi connectivity index (χ4v) is 1.84. The minimum absolute atomic E-state index is 0.306. The highest BCUT2D eigenvalue weighted by atomic mass is 16.5. The topological polar surface area (TPSA) is 73.9 Å². The van der Waals surface area contributed by atoms with Crippen molar-refractivity contribution in [2.75, 3.05) is 20.3 Å². The Balaban J connectivity index is 2.76. The Morgan fingerprint density at radius 3 is 2.57 bits per heavy atom. The molecule has 0 aromatic heterocycles. The minimum atomic E-state index is -0.853.